The molecule has 1 heterocycles. The van der Waals surface area contributed by atoms with E-state index in [9.17, 15) is 13.2 Å². The zero-order valence-corrected chi connectivity index (χ0v) is 13.2. The molecule has 0 atom stereocenters. The molecule has 0 saturated heterocycles. The standard InChI is InChI=1S/C13H19ClN2O3S/c1-9(2)5-6-15-13(17)12-7-11(20(14,18)19)8-16(12)10-3-4-10/h7-10H,3-6H2,1-2H3,(H,15,17). The Labute approximate surface area is 123 Å². The minimum atomic E-state index is -3.81. The van der Waals surface area contributed by atoms with Gasteiger partial charge in [0.15, 0.2) is 0 Å². The third kappa shape index (κ3) is 3.76. The van der Waals surface area contributed by atoms with Gasteiger partial charge in [-0.05, 0) is 31.2 Å². The van der Waals surface area contributed by atoms with Crippen LogP contribution in [0.4, 0.5) is 0 Å². The third-order valence-electron chi connectivity index (χ3n) is 3.29. The summed E-state index contributed by atoms with van der Waals surface area (Å²) in [5, 5.41) is 2.82. The Morgan fingerprint density at radius 1 is 1.50 bits per heavy atom. The number of halogens is 1. The summed E-state index contributed by atoms with van der Waals surface area (Å²) in [6, 6.07) is 1.57. The van der Waals surface area contributed by atoms with Crippen LogP contribution in [0.5, 0.6) is 0 Å². The Morgan fingerprint density at radius 3 is 2.65 bits per heavy atom. The lowest BCUT2D eigenvalue weighted by atomic mass is 10.1. The summed E-state index contributed by atoms with van der Waals surface area (Å²) in [6.07, 6.45) is 4.26. The molecule has 0 unspecified atom stereocenters. The number of nitrogens with one attached hydrogen (secondary N) is 1. The Morgan fingerprint density at radius 2 is 2.15 bits per heavy atom. The summed E-state index contributed by atoms with van der Waals surface area (Å²) in [5.41, 5.74) is 0.371. The molecule has 1 fully saturated rings. The van der Waals surface area contributed by atoms with E-state index < -0.39 is 9.05 Å². The molecule has 1 aromatic rings. The van der Waals surface area contributed by atoms with Crippen LogP contribution < -0.4 is 5.32 Å². The molecule has 5 nitrogen and oxygen atoms in total. The molecule has 1 N–H and O–H groups in total. The Balaban J connectivity index is 2.17. The van der Waals surface area contributed by atoms with E-state index in [0.29, 0.717) is 18.2 Å². The van der Waals surface area contributed by atoms with E-state index in [4.69, 9.17) is 10.7 Å². The topological polar surface area (TPSA) is 68.2 Å². The van der Waals surface area contributed by atoms with Gasteiger partial charge < -0.3 is 9.88 Å². The molecule has 0 aromatic carbocycles. The van der Waals surface area contributed by atoms with E-state index >= 15 is 0 Å². The van der Waals surface area contributed by atoms with Crippen LogP contribution in [-0.2, 0) is 9.05 Å². The minimum Gasteiger partial charge on any atom is -0.351 e. The van der Waals surface area contributed by atoms with Crippen molar-refractivity contribution in [3.05, 3.63) is 18.0 Å². The molecule has 0 radical (unpaired) electrons. The highest BCUT2D eigenvalue weighted by molar-refractivity contribution is 8.13. The van der Waals surface area contributed by atoms with Crippen molar-refractivity contribution in [2.24, 2.45) is 5.92 Å². The zero-order valence-electron chi connectivity index (χ0n) is 11.6. The van der Waals surface area contributed by atoms with Crippen LogP contribution in [0, 0.1) is 5.92 Å². The number of nitrogens with zero attached hydrogens (tertiary/aromatic N) is 1. The molecule has 0 bridgehead atoms. The molecule has 2 rings (SSSR count). The number of hydrogen-bond donors (Lipinski definition) is 1. The van der Waals surface area contributed by atoms with Crippen molar-refractivity contribution in [3.8, 4) is 0 Å². The van der Waals surface area contributed by atoms with Crippen LogP contribution in [-0.4, -0.2) is 25.4 Å². The fourth-order valence-electron chi connectivity index (χ4n) is 1.99. The first-order chi connectivity index (χ1) is 9.29. The predicted molar refractivity (Wildman–Crippen MR) is 77.5 cm³/mol. The second kappa shape index (κ2) is 5.77. The van der Waals surface area contributed by atoms with Gasteiger partial charge in [-0.15, -0.1) is 0 Å². The summed E-state index contributed by atoms with van der Waals surface area (Å²) in [7, 11) is 1.54. The molecule has 1 saturated carbocycles. The van der Waals surface area contributed by atoms with Gasteiger partial charge >= 0.3 is 0 Å². The molecule has 112 valence electrons. The maximum Gasteiger partial charge on any atom is 0.267 e. The quantitative estimate of drug-likeness (QED) is 0.819. The largest absolute Gasteiger partial charge is 0.351 e. The fraction of sp³-hybridized carbons (Fsp3) is 0.615. The first-order valence-electron chi connectivity index (χ1n) is 6.73. The highest BCUT2D eigenvalue weighted by Gasteiger charge is 2.29. The molecule has 1 aliphatic rings. The van der Waals surface area contributed by atoms with Crippen molar-refractivity contribution in [1.29, 1.82) is 0 Å². The van der Waals surface area contributed by atoms with E-state index in [2.05, 4.69) is 19.2 Å². The molecular weight excluding hydrogens is 300 g/mol. The van der Waals surface area contributed by atoms with E-state index in [1.54, 1.807) is 4.57 Å². The summed E-state index contributed by atoms with van der Waals surface area (Å²) in [4.78, 5) is 12.1. The van der Waals surface area contributed by atoms with Crippen LogP contribution in [0.1, 0.15) is 49.6 Å². The van der Waals surface area contributed by atoms with Gasteiger partial charge in [0, 0.05) is 29.5 Å². The minimum absolute atomic E-state index is 0.0138. The predicted octanol–water partition coefficient (Wildman–Crippen LogP) is 2.53. The maximum absolute atomic E-state index is 12.1. The maximum atomic E-state index is 12.1. The Kier molecular flexibility index (Phi) is 4.44. The van der Waals surface area contributed by atoms with Gasteiger partial charge in [0.05, 0.1) is 0 Å². The van der Waals surface area contributed by atoms with Gasteiger partial charge in [0.25, 0.3) is 15.0 Å². The van der Waals surface area contributed by atoms with E-state index in [1.807, 2.05) is 0 Å². The summed E-state index contributed by atoms with van der Waals surface area (Å²) in [6.45, 7) is 4.74. The van der Waals surface area contributed by atoms with E-state index in [-0.39, 0.29) is 16.8 Å². The van der Waals surface area contributed by atoms with Gasteiger partial charge in [-0.25, -0.2) is 8.42 Å². The molecule has 7 heteroatoms. The second-order valence-corrected chi connectivity index (χ2v) is 8.14. The monoisotopic (exact) mass is 318 g/mol. The molecule has 0 spiro atoms. The van der Waals surface area contributed by atoms with Gasteiger partial charge in [0.1, 0.15) is 10.6 Å². The lowest BCUT2D eigenvalue weighted by molar-refractivity contribution is 0.0942. The lowest BCUT2D eigenvalue weighted by Gasteiger charge is -2.09. The number of carbonyl (C=O) groups excluding carboxylic acids is 1. The Hall–Kier alpha value is -1.01. The highest BCUT2D eigenvalue weighted by Crippen LogP contribution is 2.37. The highest BCUT2D eigenvalue weighted by atomic mass is 35.7. The molecule has 1 aliphatic carbocycles. The van der Waals surface area contributed by atoms with Crippen LogP contribution in [0.25, 0.3) is 0 Å². The molecule has 0 aliphatic heterocycles. The third-order valence-corrected chi connectivity index (χ3v) is 4.61. The van der Waals surface area contributed by atoms with E-state index in [0.717, 1.165) is 19.3 Å². The molecule has 1 aromatic heterocycles. The number of aromatic nitrogens is 1. The van der Waals surface area contributed by atoms with Crippen LogP contribution in [0.2, 0.25) is 0 Å². The van der Waals surface area contributed by atoms with Gasteiger partial charge in [-0.3, -0.25) is 4.79 Å². The number of carbonyl (C=O) groups is 1. The summed E-state index contributed by atoms with van der Waals surface area (Å²) in [5.74, 6) is 0.258. The van der Waals surface area contributed by atoms with Gasteiger partial charge in [-0.1, -0.05) is 13.8 Å². The average molecular weight is 319 g/mol. The molecule has 1 amide bonds. The molecular formula is C13H19ClN2O3S. The van der Waals surface area contributed by atoms with Crippen molar-refractivity contribution in [3.63, 3.8) is 0 Å². The summed E-state index contributed by atoms with van der Waals surface area (Å²) >= 11 is 0. The first-order valence-corrected chi connectivity index (χ1v) is 9.04. The van der Waals surface area contributed by atoms with Crippen molar-refractivity contribution >= 4 is 25.6 Å². The Bertz CT molecular complexity index is 603. The van der Waals surface area contributed by atoms with Crippen molar-refractivity contribution in [2.75, 3.05) is 6.54 Å². The number of amides is 1. The normalized spacial score (nSPS) is 15.6. The van der Waals surface area contributed by atoms with Gasteiger partial charge in [0.2, 0.25) is 0 Å². The van der Waals surface area contributed by atoms with Gasteiger partial charge in [-0.2, -0.15) is 0 Å². The average Bonchev–Trinajstić information content (AvgIpc) is 3.05. The van der Waals surface area contributed by atoms with Crippen molar-refractivity contribution in [2.45, 2.75) is 44.0 Å². The second-order valence-electron chi connectivity index (χ2n) is 5.58. The SMILES string of the molecule is CC(C)CCNC(=O)c1cc(S(=O)(=O)Cl)cn1C1CC1. The van der Waals surface area contributed by atoms with Crippen molar-refractivity contribution in [1.82, 2.24) is 9.88 Å². The van der Waals surface area contributed by atoms with Crippen LogP contribution in [0.3, 0.4) is 0 Å². The van der Waals surface area contributed by atoms with Crippen molar-refractivity contribution < 1.29 is 13.2 Å². The first kappa shape index (κ1) is 15.4. The fourth-order valence-corrected chi connectivity index (χ4v) is 2.73. The molecule has 20 heavy (non-hydrogen) atoms. The summed E-state index contributed by atoms with van der Waals surface area (Å²) < 4.78 is 24.5. The van der Waals surface area contributed by atoms with Crippen LogP contribution >= 0.6 is 10.7 Å². The smallest absolute Gasteiger partial charge is 0.267 e. The van der Waals surface area contributed by atoms with E-state index in [1.165, 1.54) is 12.3 Å². The number of hydrogen-bond acceptors (Lipinski definition) is 3. The number of rotatable bonds is 6. The van der Waals surface area contributed by atoms with Crippen LogP contribution in [0.15, 0.2) is 17.2 Å². The zero-order chi connectivity index (χ0) is 14.9. The lowest BCUT2D eigenvalue weighted by Crippen LogP contribution is -2.27.